The Morgan fingerprint density at radius 1 is 1.18 bits per heavy atom. The molecular formula is C25H22N6O6S. The molecule has 6 N–H and O–H groups in total. The third-order valence-corrected chi connectivity index (χ3v) is 7.15. The number of nitrogens with one attached hydrogen (secondary N) is 2. The maximum absolute atomic E-state index is 13.4. The molecule has 2 aliphatic rings. The lowest BCUT2D eigenvalue weighted by atomic mass is 10.0. The molecule has 2 heterocycles. The Morgan fingerprint density at radius 2 is 1.92 bits per heavy atom. The summed E-state index contributed by atoms with van der Waals surface area (Å²) < 4.78 is 29.0. The number of primary sulfonamides is 1. The second-order valence-electron chi connectivity index (χ2n) is 8.59. The topological polar surface area (TPSA) is 191 Å². The molecule has 1 aliphatic heterocycles. The van der Waals surface area contributed by atoms with Crippen molar-refractivity contribution < 1.29 is 27.6 Å². The first-order valence-electron chi connectivity index (χ1n) is 11.2. The second-order valence-corrected chi connectivity index (χ2v) is 10.1. The number of nitrogens with two attached hydrogens (primary N) is 2. The Balaban J connectivity index is 1.46. The number of nitrogen functional groups attached to an aromatic ring is 1. The molecule has 2 amide bonds. The van der Waals surface area contributed by atoms with Gasteiger partial charge in [-0.3, -0.25) is 10.4 Å². The summed E-state index contributed by atoms with van der Waals surface area (Å²) in [5.74, 6) is -0.585. The Morgan fingerprint density at radius 3 is 2.63 bits per heavy atom. The minimum Gasteiger partial charge on any atom is -0.466 e. The van der Waals surface area contributed by atoms with Gasteiger partial charge < -0.3 is 20.6 Å². The number of nitrogens with zero attached hydrogens (tertiary/aromatic N) is 2. The van der Waals surface area contributed by atoms with Gasteiger partial charge in [-0.05, 0) is 17.7 Å². The van der Waals surface area contributed by atoms with E-state index >= 15 is 0 Å². The average Bonchev–Trinajstić information content (AvgIpc) is 3.39. The Bertz CT molecular complexity index is 1650. The monoisotopic (exact) mass is 534 g/mol. The number of sulfonamides is 1. The molecule has 0 spiro atoms. The van der Waals surface area contributed by atoms with Crippen molar-refractivity contribution in [3.8, 4) is 22.4 Å². The van der Waals surface area contributed by atoms with E-state index in [-0.39, 0.29) is 28.6 Å². The molecule has 5 rings (SSSR count). The number of ether oxygens (including phenoxy) is 1. The molecule has 3 aromatic rings. The number of pyridine rings is 1. The molecule has 1 aromatic heterocycles. The number of carbonyl (C=O) groups is 2. The molecule has 38 heavy (non-hydrogen) atoms. The second kappa shape index (κ2) is 9.28. The van der Waals surface area contributed by atoms with Gasteiger partial charge in [0, 0.05) is 28.7 Å². The first-order valence-corrected chi connectivity index (χ1v) is 12.8. The third-order valence-electron chi connectivity index (χ3n) is 6.14. The van der Waals surface area contributed by atoms with Gasteiger partial charge in [-0.25, -0.2) is 23.1 Å². The van der Waals surface area contributed by atoms with Crippen LogP contribution >= 0.6 is 0 Å². The van der Waals surface area contributed by atoms with Gasteiger partial charge in [0.05, 0.1) is 35.7 Å². The maximum atomic E-state index is 13.4. The summed E-state index contributed by atoms with van der Waals surface area (Å²) in [7, 11) is -2.78. The van der Waals surface area contributed by atoms with Crippen LogP contribution in [0.15, 0.2) is 71.5 Å². The normalized spacial score (nSPS) is 16.6. The van der Waals surface area contributed by atoms with E-state index in [1.807, 2.05) is 0 Å². The molecule has 1 atom stereocenters. The highest BCUT2D eigenvalue weighted by Gasteiger charge is 2.37. The summed E-state index contributed by atoms with van der Waals surface area (Å²) in [5, 5.41) is 16.9. The van der Waals surface area contributed by atoms with E-state index in [0.717, 1.165) is 11.1 Å². The molecule has 1 aliphatic carbocycles. The number of rotatable bonds is 5. The van der Waals surface area contributed by atoms with E-state index in [1.54, 1.807) is 48.5 Å². The lowest BCUT2D eigenvalue weighted by Crippen LogP contribution is -2.33. The van der Waals surface area contributed by atoms with Crippen LogP contribution in [0.2, 0.25) is 0 Å². The molecule has 0 radical (unpaired) electrons. The predicted molar refractivity (Wildman–Crippen MR) is 137 cm³/mol. The highest BCUT2D eigenvalue weighted by molar-refractivity contribution is 7.89. The summed E-state index contributed by atoms with van der Waals surface area (Å²) in [6.07, 6.45) is 2.70. The number of fused-ring (bicyclic) bond motifs is 5. The molecule has 194 valence electrons. The van der Waals surface area contributed by atoms with Crippen LogP contribution in [0.25, 0.3) is 22.4 Å². The number of methoxy groups -OCH3 is 1. The SMILES string of the molecule is COC(=O)C=C1CC(c2cccc(C(=N)N)c2)N(C(=O)Nc2cnc3c(c2)-c2cccc-3c2S(N)(=O)=O)O1. The molecular weight excluding hydrogens is 512 g/mol. The highest BCUT2D eigenvalue weighted by Crippen LogP contribution is 2.46. The van der Waals surface area contributed by atoms with Crippen LogP contribution in [0, 0.1) is 5.41 Å². The van der Waals surface area contributed by atoms with Crippen molar-refractivity contribution in [3.63, 3.8) is 0 Å². The van der Waals surface area contributed by atoms with E-state index < -0.39 is 28.1 Å². The minimum atomic E-state index is -4.01. The van der Waals surface area contributed by atoms with Crippen LogP contribution in [-0.4, -0.2) is 43.4 Å². The van der Waals surface area contributed by atoms with Crippen molar-refractivity contribution in [1.82, 2.24) is 10.0 Å². The third kappa shape index (κ3) is 4.44. The summed E-state index contributed by atoms with van der Waals surface area (Å²) in [5.41, 5.74) is 8.72. The van der Waals surface area contributed by atoms with Gasteiger partial charge in [0.2, 0.25) is 10.0 Å². The lowest BCUT2D eigenvalue weighted by Gasteiger charge is -2.23. The van der Waals surface area contributed by atoms with Gasteiger partial charge in [-0.15, -0.1) is 5.06 Å². The first kappa shape index (κ1) is 24.9. The van der Waals surface area contributed by atoms with E-state index in [0.29, 0.717) is 33.5 Å². The number of amides is 2. The zero-order valence-electron chi connectivity index (χ0n) is 20.0. The van der Waals surface area contributed by atoms with E-state index in [2.05, 4.69) is 15.0 Å². The van der Waals surface area contributed by atoms with Gasteiger partial charge in [-0.2, -0.15) is 0 Å². The van der Waals surface area contributed by atoms with Crippen molar-refractivity contribution in [3.05, 3.63) is 77.7 Å². The van der Waals surface area contributed by atoms with Crippen molar-refractivity contribution >= 4 is 33.5 Å². The molecule has 2 aromatic carbocycles. The van der Waals surface area contributed by atoms with Crippen LogP contribution in [0.3, 0.4) is 0 Å². The highest BCUT2D eigenvalue weighted by atomic mass is 32.2. The summed E-state index contributed by atoms with van der Waals surface area (Å²) >= 11 is 0. The zero-order valence-corrected chi connectivity index (χ0v) is 20.8. The molecule has 1 fully saturated rings. The van der Waals surface area contributed by atoms with Gasteiger partial charge in [-0.1, -0.05) is 36.4 Å². The number of benzene rings is 2. The number of esters is 1. The predicted octanol–water partition coefficient (Wildman–Crippen LogP) is 2.63. The Kier molecular flexibility index (Phi) is 6.09. The largest absolute Gasteiger partial charge is 0.466 e. The number of urea groups is 1. The summed E-state index contributed by atoms with van der Waals surface area (Å²) in [6, 6.07) is 12.0. The molecule has 2 bridgehead atoms. The molecule has 0 saturated carbocycles. The van der Waals surface area contributed by atoms with Crippen LogP contribution in [0.5, 0.6) is 0 Å². The number of aromatic nitrogens is 1. The maximum Gasteiger partial charge on any atom is 0.355 e. The van der Waals surface area contributed by atoms with Crippen LogP contribution < -0.4 is 16.2 Å². The fourth-order valence-corrected chi connectivity index (χ4v) is 5.46. The van der Waals surface area contributed by atoms with Crippen molar-refractivity contribution in [2.75, 3.05) is 12.4 Å². The van der Waals surface area contributed by atoms with E-state index in [1.165, 1.54) is 13.3 Å². The van der Waals surface area contributed by atoms with Gasteiger partial charge in [0.25, 0.3) is 0 Å². The lowest BCUT2D eigenvalue weighted by molar-refractivity contribution is -0.135. The summed E-state index contributed by atoms with van der Waals surface area (Å²) in [4.78, 5) is 35.2. The van der Waals surface area contributed by atoms with Crippen LogP contribution in [0.4, 0.5) is 10.5 Å². The van der Waals surface area contributed by atoms with Crippen molar-refractivity contribution in [1.29, 1.82) is 5.41 Å². The first-order chi connectivity index (χ1) is 18.1. The Hall–Kier alpha value is -4.75. The zero-order chi connectivity index (χ0) is 27.2. The van der Waals surface area contributed by atoms with Crippen molar-refractivity contribution in [2.45, 2.75) is 17.4 Å². The number of amidine groups is 1. The van der Waals surface area contributed by atoms with Gasteiger partial charge in [0.1, 0.15) is 17.6 Å². The fraction of sp³-hybridized carbons (Fsp3) is 0.120. The minimum absolute atomic E-state index is 0.0168. The van der Waals surface area contributed by atoms with Gasteiger partial charge in [0.15, 0.2) is 0 Å². The molecule has 1 unspecified atom stereocenters. The number of anilines is 1. The standard InChI is InChI=1S/C25H22N6O6S/c1-36-21(32)11-16-10-20(13-4-2-5-14(8-13)24(26)27)31(37-16)25(33)30-15-9-19-17-6-3-7-18(22(19)29-12-15)23(17)38(28,34)35/h2-9,11-12,20H,10H2,1H3,(H3,26,27)(H,30,33)(H2,28,34,35). The average molecular weight is 535 g/mol. The summed E-state index contributed by atoms with van der Waals surface area (Å²) in [6.45, 7) is 0. The Labute approximate surface area is 217 Å². The van der Waals surface area contributed by atoms with Crippen molar-refractivity contribution in [2.24, 2.45) is 10.9 Å². The number of hydroxylamine groups is 2. The van der Waals surface area contributed by atoms with Crippen LogP contribution in [-0.2, 0) is 24.4 Å². The van der Waals surface area contributed by atoms with E-state index in [4.69, 9.17) is 21.1 Å². The van der Waals surface area contributed by atoms with Crippen LogP contribution in [0.1, 0.15) is 23.6 Å². The molecule has 1 saturated heterocycles. The number of carbonyl (C=O) groups excluding carboxylic acids is 2. The molecule has 13 heteroatoms. The smallest absolute Gasteiger partial charge is 0.355 e. The number of hydrogen-bond donors (Lipinski definition) is 4. The van der Waals surface area contributed by atoms with E-state index in [9.17, 15) is 18.0 Å². The van der Waals surface area contributed by atoms with Gasteiger partial charge >= 0.3 is 12.0 Å². The number of hydrogen-bond acceptors (Lipinski definition) is 8. The molecule has 12 nitrogen and oxygen atoms in total. The fourth-order valence-electron chi connectivity index (χ4n) is 4.50. The quantitative estimate of drug-likeness (QED) is 0.130.